The Hall–Kier alpha value is -1.28. The third-order valence-electron chi connectivity index (χ3n) is 2.22. The lowest BCUT2D eigenvalue weighted by atomic mass is 10.5. The maximum atomic E-state index is 11.2. The van der Waals surface area contributed by atoms with Crippen molar-refractivity contribution < 1.29 is 23.8 Å². The highest BCUT2D eigenvalue weighted by Gasteiger charge is 2.22. The number of hydrogen-bond acceptors (Lipinski definition) is 6. The van der Waals surface area contributed by atoms with E-state index < -0.39 is 0 Å². The lowest BCUT2D eigenvalue weighted by molar-refractivity contribution is -0.137. The van der Waals surface area contributed by atoms with Crippen LogP contribution in [0.5, 0.6) is 0 Å². The van der Waals surface area contributed by atoms with Gasteiger partial charge in [-0.05, 0) is 0 Å². The molecule has 2 N–H and O–H groups in total. The summed E-state index contributed by atoms with van der Waals surface area (Å²) in [6, 6.07) is 0. The Morgan fingerprint density at radius 3 is 1.94 bits per heavy atom. The Bertz CT molecular complexity index is 288. The lowest BCUT2D eigenvalue weighted by Crippen LogP contribution is -2.33. The highest BCUT2D eigenvalue weighted by molar-refractivity contribution is 6.12. The number of amides is 2. The first-order valence-electron chi connectivity index (χ1n) is 5.72. The van der Waals surface area contributed by atoms with Crippen LogP contribution in [0.3, 0.4) is 0 Å². The summed E-state index contributed by atoms with van der Waals surface area (Å²) < 4.78 is 15.3. The standard InChI is InChI=1S/C11H18N2O5/c12-9-18-8-7-17-6-5-16-4-3-13-10(14)1-2-11(13)15/h1-2H,3-9,12H2. The normalized spacial score (nSPS) is 14.8. The van der Waals surface area contributed by atoms with Gasteiger partial charge in [-0.15, -0.1) is 0 Å². The van der Waals surface area contributed by atoms with Gasteiger partial charge in [0.25, 0.3) is 11.8 Å². The molecule has 0 fully saturated rings. The fourth-order valence-electron chi connectivity index (χ4n) is 1.33. The highest BCUT2D eigenvalue weighted by Crippen LogP contribution is 2.02. The minimum atomic E-state index is -0.293. The number of carbonyl (C=O) groups excluding carboxylic acids is 2. The van der Waals surface area contributed by atoms with Crippen LogP contribution in [-0.4, -0.2) is 63.0 Å². The van der Waals surface area contributed by atoms with Crippen molar-refractivity contribution >= 4 is 11.8 Å². The van der Waals surface area contributed by atoms with Gasteiger partial charge in [0.2, 0.25) is 0 Å². The molecule has 0 radical (unpaired) electrons. The van der Waals surface area contributed by atoms with Crippen LogP contribution >= 0.6 is 0 Å². The third kappa shape index (κ3) is 5.37. The summed E-state index contributed by atoms with van der Waals surface area (Å²) in [5.74, 6) is -0.586. The number of nitrogens with zero attached hydrogens (tertiary/aromatic N) is 1. The second kappa shape index (κ2) is 8.76. The van der Waals surface area contributed by atoms with Crippen molar-refractivity contribution in [3.63, 3.8) is 0 Å². The molecule has 0 spiro atoms. The van der Waals surface area contributed by atoms with E-state index in [0.717, 1.165) is 4.90 Å². The van der Waals surface area contributed by atoms with E-state index in [0.29, 0.717) is 33.0 Å². The summed E-state index contributed by atoms with van der Waals surface area (Å²) in [6.45, 7) is 2.53. The Kier molecular flexibility index (Phi) is 7.19. The van der Waals surface area contributed by atoms with E-state index in [1.807, 2.05) is 0 Å². The molecule has 0 bridgehead atoms. The van der Waals surface area contributed by atoms with Crippen molar-refractivity contribution in [1.82, 2.24) is 4.90 Å². The molecule has 0 saturated carbocycles. The molecule has 1 rings (SSSR count). The number of carbonyl (C=O) groups is 2. The van der Waals surface area contributed by atoms with Crippen molar-refractivity contribution in [1.29, 1.82) is 0 Å². The molecule has 0 aromatic heterocycles. The first-order valence-corrected chi connectivity index (χ1v) is 5.72. The third-order valence-corrected chi connectivity index (χ3v) is 2.22. The van der Waals surface area contributed by atoms with E-state index in [-0.39, 0.29) is 25.1 Å². The SMILES string of the molecule is NCOCCOCCOCCN1C(=O)C=CC1=O. The number of imide groups is 1. The van der Waals surface area contributed by atoms with Crippen molar-refractivity contribution in [2.24, 2.45) is 5.73 Å². The molecular weight excluding hydrogens is 240 g/mol. The van der Waals surface area contributed by atoms with Gasteiger partial charge in [-0.3, -0.25) is 14.5 Å². The summed E-state index contributed by atoms with van der Waals surface area (Å²) in [4.78, 5) is 23.5. The van der Waals surface area contributed by atoms with Gasteiger partial charge in [-0.25, -0.2) is 0 Å². The molecule has 0 saturated heterocycles. The summed E-state index contributed by atoms with van der Waals surface area (Å²) in [7, 11) is 0. The zero-order valence-electron chi connectivity index (χ0n) is 10.2. The Morgan fingerprint density at radius 1 is 0.889 bits per heavy atom. The van der Waals surface area contributed by atoms with Gasteiger partial charge in [0.1, 0.15) is 0 Å². The van der Waals surface area contributed by atoms with Gasteiger partial charge in [0, 0.05) is 12.2 Å². The van der Waals surface area contributed by atoms with E-state index in [2.05, 4.69) is 0 Å². The van der Waals surface area contributed by atoms with E-state index in [4.69, 9.17) is 19.9 Å². The van der Waals surface area contributed by atoms with Crippen molar-refractivity contribution in [2.45, 2.75) is 0 Å². The van der Waals surface area contributed by atoms with Crippen LogP contribution in [0.1, 0.15) is 0 Å². The highest BCUT2D eigenvalue weighted by atomic mass is 16.5. The van der Waals surface area contributed by atoms with Crippen molar-refractivity contribution in [3.8, 4) is 0 Å². The maximum Gasteiger partial charge on any atom is 0.253 e. The zero-order chi connectivity index (χ0) is 13.2. The van der Waals surface area contributed by atoms with Crippen LogP contribution in [-0.2, 0) is 23.8 Å². The second-order valence-electron chi connectivity index (χ2n) is 3.46. The largest absolute Gasteiger partial charge is 0.377 e. The molecule has 1 aliphatic heterocycles. The topological polar surface area (TPSA) is 91.1 Å². The zero-order valence-corrected chi connectivity index (χ0v) is 10.2. The lowest BCUT2D eigenvalue weighted by Gasteiger charge is -2.13. The number of nitrogens with two attached hydrogens (primary N) is 1. The monoisotopic (exact) mass is 258 g/mol. The molecule has 1 aliphatic rings. The smallest absolute Gasteiger partial charge is 0.253 e. The van der Waals surface area contributed by atoms with Crippen molar-refractivity contribution in [2.75, 3.05) is 46.3 Å². The summed E-state index contributed by atoms with van der Waals surface area (Å²) in [5, 5.41) is 0. The van der Waals surface area contributed by atoms with Crippen LogP contribution in [0, 0.1) is 0 Å². The molecule has 2 amide bonds. The Balaban J connectivity index is 1.90. The van der Waals surface area contributed by atoms with Gasteiger partial charge in [0.05, 0.1) is 46.3 Å². The predicted molar refractivity (Wildman–Crippen MR) is 62.5 cm³/mol. The Morgan fingerprint density at radius 2 is 1.39 bits per heavy atom. The van der Waals surface area contributed by atoms with Crippen molar-refractivity contribution in [3.05, 3.63) is 12.2 Å². The van der Waals surface area contributed by atoms with E-state index in [9.17, 15) is 9.59 Å². The van der Waals surface area contributed by atoms with Crippen LogP contribution in [0.4, 0.5) is 0 Å². The first-order chi connectivity index (χ1) is 8.75. The van der Waals surface area contributed by atoms with Gasteiger partial charge < -0.3 is 19.9 Å². The first kappa shape index (κ1) is 14.8. The van der Waals surface area contributed by atoms with Crippen LogP contribution in [0.15, 0.2) is 12.2 Å². The predicted octanol–water partition coefficient (Wildman–Crippen LogP) is -1.12. The molecule has 1 heterocycles. The molecule has 7 heteroatoms. The molecule has 0 aromatic rings. The summed E-state index contributed by atoms with van der Waals surface area (Å²) in [5.41, 5.74) is 5.12. The van der Waals surface area contributed by atoms with Gasteiger partial charge in [0.15, 0.2) is 0 Å². The van der Waals surface area contributed by atoms with Gasteiger partial charge in [-0.1, -0.05) is 0 Å². The quantitative estimate of drug-likeness (QED) is 0.303. The number of hydrogen-bond donors (Lipinski definition) is 1. The number of ether oxygens (including phenoxy) is 3. The fraction of sp³-hybridized carbons (Fsp3) is 0.636. The average molecular weight is 258 g/mol. The molecule has 18 heavy (non-hydrogen) atoms. The second-order valence-corrected chi connectivity index (χ2v) is 3.46. The molecule has 0 aromatic carbocycles. The summed E-state index contributed by atoms with van der Waals surface area (Å²) >= 11 is 0. The minimum absolute atomic E-state index is 0.186. The van der Waals surface area contributed by atoms with Gasteiger partial charge in [-0.2, -0.15) is 0 Å². The van der Waals surface area contributed by atoms with Gasteiger partial charge >= 0.3 is 0 Å². The fourth-order valence-corrected chi connectivity index (χ4v) is 1.33. The molecule has 102 valence electrons. The summed E-state index contributed by atoms with van der Waals surface area (Å²) in [6.07, 6.45) is 2.51. The van der Waals surface area contributed by atoms with Crippen LogP contribution in [0.2, 0.25) is 0 Å². The van der Waals surface area contributed by atoms with E-state index >= 15 is 0 Å². The molecular formula is C11H18N2O5. The van der Waals surface area contributed by atoms with E-state index in [1.54, 1.807) is 0 Å². The maximum absolute atomic E-state index is 11.2. The minimum Gasteiger partial charge on any atom is -0.377 e. The molecule has 0 atom stereocenters. The molecule has 0 unspecified atom stereocenters. The van der Waals surface area contributed by atoms with E-state index in [1.165, 1.54) is 12.2 Å². The van der Waals surface area contributed by atoms with Crippen LogP contribution < -0.4 is 5.73 Å². The Labute approximate surface area is 105 Å². The number of rotatable bonds is 10. The average Bonchev–Trinajstić information content (AvgIpc) is 2.68. The van der Waals surface area contributed by atoms with Crippen LogP contribution in [0.25, 0.3) is 0 Å². The molecule has 0 aliphatic carbocycles. The molecule has 7 nitrogen and oxygen atoms in total.